The molecule has 0 radical (unpaired) electrons. The molecule has 0 aromatic heterocycles. The molecule has 1 aromatic carbocycles. The van der Waals surface area contributed by atoms with E-state index in [4.69, 9.17) is 15.6 Å². The molecular formula is C11H13NO5. The summed E-state index contributed by atoms with van der Waals surface area (Å²) in [5.41, 5.74) is 6.00. The number of carbonyl (C=O) groups is 2. The highest BCUT2D eigenvalue weighted by atomic mass is 16.5. The number of benzene rings is 1. The van der Waals surface area contributed by atoms with Crippen molar-refractivity contribution in [3.05, 3.63) is 23.3 Å². The Morgan fingerprint density at radius 2 is 2.24 bits per heavy atom. The molecule has 0 fully saturated rings. The summed E-state index contributed by atoms with van der Waals surface area (Å²) in [5, 5.41) is 18.2. The van der Waals surface area contributed by atoms with Gasteiger partial charge in [-0.15, -0.1) is 0 Å². The van der Waals surface area contributed by atoms with Crippen LogP contribution in [0.3, 0.4) is 0 Å². The fourth-order valence-corrected chi connectivity index (χ4v) is 1.40. The van der Waals surface area contributed by atoms with Gasteiger partial charge in [0.05, 0.1) is 7.11 Å². The van der Waals surface area contributed by atoms with Crippen LogP contribution < -0.4 is 10.5 Å². The average Bonchev–Trinajstić information content (AvgIpc) is 2.30. The van der Waals surface area contributed by atoms with Crippen LogP contribution in [0.15, 0.2) is 12.1 Å². The lowest BCUT2D eigenvalue weighted by Gasteiger charge is -2.11. The second-order valence-electron chi connectivity index (χ2n) is 3.49. The van der Waals surface area contributed by atoms with Gasteiger partial charge in [0.15, 0.2) is 11.5 Å². The Kier molecular flexibility index (Phi) is 4.06. The fourth-order valence-electron chi connectivity index (χ4n) is 1.40. The molecule has 0 aliphatic heterocycles. The summed E-state index contributed by atoms with van der Waals surface area (Å²) in [6.45, 7) is 0. The first kappa shape index (κ1) is 13.0. The zero-order valence-electron chi connectivity index (χ0n) is 9.21. The number of rotatable bonds is 5. The van der Waals surface area contributed by atoms with Crippen LogP contribution in [0.5, 0.6) is 11.5 Å². The number of phenols is 1. The molecule has 17 heavy (non-hydrogen) atoms. The fraction of sp³-hybridized carbons (Fsp3) is 0.273. The van der Waals surface area contributed by atoms with Crippen LogP contribution in [0.25, 0.3) is 0 Å². The Balaban J connectivity index is 3.12. The molecule has 1 rings (SSSR count). The van der Waals surface area contributed by atoms with Gasteiger partial charge < -0.3 is 20.7 Å². The van der Waals surface area contributed by atoms with Crippen LogP contribution in [0.2, 0.25) is 0 Å². The number of carboxylic acids is 1. The number of aliphatic carboxylic acids is 1. The minimum Gasteiger partial charge on any atom is -0.504 e. The molecule has 0 spiro atoms. The van der Waals surface area contributed by atoms with E-state index in [0.29, 0.717) is 11.8 Å². The van der Waals surface area contributed by atoms with Crippen molar-refractivity contribution in [1.29, 1.82) is 0 Å². The Bertz CT molecular complexity index is 444. The van der Waals surface area contributed by atoms with E-state index in [1.54, 1.807) is 0 Å². The zero-order valence-corrected chi connectivity index (χ0v) is 9.21. The smallest absolute Gasteiger partial charge is 0.320 e. The molecule has 0 heterocycles. The summed E-state index contributed by atoms with van der Waals surface area (Å²) < 4.78 is 4.87. The molecule has 6 nitrogen and oxygen atoms in total. The van der Waals surface area contributed by atoms with Crippen LogP contribution in [0, 0.1) is 0 Å². The Morgan fingerprint density at radius 3 is 2.71 bits per heavy atom. The number of aromatic hydroxyl groups is 1. The lowest BCUT2D eigenvalue weighted by Crippen LogP contribution is -2.32. The minimum atomic E-state index is -1.16. The van der Waals surface area contributed by atoms with Crippen molar-refractivity contribution >= 4 is 12.3 Å². The van der Waals surface area contributed by atoms with E-state index in [1.165, 1.54) is 19.2 Å². The van der Waals surface area contributed by atoms with Gasteiger partial charge in [0.1, 0.15) is 12.3 Å². The Hall–Kier alpha value is -2.08. The van der Waals surface area contributed by atoms with Crippen molar-refractivity contribution in [2.24, 2.45) is 5.73 Å². The number of methoxy groups -OCH3 is 1. The number of nitrogens with two attached hydrogens (primary N) is 1. The van der Waals surface area contributed by atoms with Gasteiger partial charge in [0.25, 0.3) is 0 Å². The third kappa shape index (κ3) is 2.94. The summed E-state index contributed by atoms with van der Waals surface area (Å²) in [4.78, 5) is 21.4. The predicted molar refractivity (Wildman–Crippen MR) is 59.4 cm³/mol. The molecule has 0 aliphatic carbocycles. The molecule has 1 atom stereocenters. The largest absolute Gasteiger partial charge is 0.504 e. The molecule has 1 aromatic rings. The first-order chi connectivity index (χ1) is 7.99. The van der Waals surface area contributed by atoms with Gasteiger partial charge in [-0.3, -0.25) is 9.59 Å². The lowest BCUT2D eigenvalue weighted by atomic mass is 10.0. The molecule has 0 bridgehead atoms. The highest BCUT2D eigenvalue weighted by molar-refractivity contribution is 5.80. The topological polar surface area (TPSA) is 110 Å². The van der Waals surface area contributed by atoms with Crippen LogP contribution >= 0.6 is 0 Å². The van der Waals surface area contributed by atoms with Crippen molar-refractivity contribution in [1.82, 2.24) is 0 Å². The maximum Gasteiger partial charge on any atom is 0.320 e. The molecule has 0 saturated carbocycles. The third-order valence-corrected chi connectivity index (χ3v) is 2.32. The van der Waals surface area contributed by atoms with Gasteiger partial charge in [-0.2, -0.15) is 0 Å². The monoisotopic (exact) mass is 239 g/mol. The zero-order chi connectivity index (χ0) is 13.0. The predicted octanol–water partition coefficient (Wildman–Crippen LogP) is 0.168. The SMILES string of the molecule is COc1cc(CC(N)C(=O)O)c(C=O)cc1O. The quantitative estimate of drug-likeness (QED) is 0.632. The highest BCUT2D eigenvalue weighted by Crippen LogP contribution is 2.29. The summed E-state index contributed by atoms with van der Waals surface area (Å²) in [5.74, 6) is -1.17. The summed E-state index contributed by atoms with van der Waals surface area (Å²) in [7, 11) is 1.36. The second kappa shape index (κ2) is 5.31. The van der Waals surface area contributed by atoms with Gasteiger partial charge in [-0.1, -0.05) is 0 Å². The Labute approximate surface area is 97.6 Å². The number of carboxylic acid groups (broad SMARTS) is 1. The number of carbonyl (C=O) groups excluding carboxylic acids is 1. The van der Waals surface area contributed by atoms with Crippen molar-refractivity contribution in [3.8, 4) is 11.5 Å². The van der Waals surface area contributed by atoms with Crippen molar-refractivity contribution in [2.75, 3.05) is 7.11 Å². The van der Waals surface area contributed by atoms with Crippen molar-refractivity contribution in [3.63, 3.8) is 0 Å². The van der Waals surface area contributed by atoms with Crippen LogP contribution in [0.1, 0.15) is 15.9 Å². The number of phenolic OH excluding ortho intramolecular Hbond substituents is 1. The van der Waals surface area contributed by atoms with Gasteiger partial charge in [0, 0.05) is 5.56 Å². The lowest BCUT2D eigenvalue weighted by molar-refractivity contribution is -0.138. The molecular weight excluding hydrogens is 226 g/mol. The second-order valence-corrected chi connectivity index (χ2v) is 3.49. The molecule has 1 unspecified atom stereocenters. The number of hydrogen-bond donors (Lipinski definition) is 3. The van der Waals surface area contributed by atoms with Crippen LogP contribution in [0.4, 0.5) is 0 Å². The van der Waals surface area contributed by atoms with Gasteiger partial charge >= 0.3 is 5.97 Å². The summed E-state index contributed by atoms with van der Waals surface area (Å²) >= 11 is 0. The molecule has 0 amide bonds. The number of hydrogen-bond acceptors (Lipinski definition) is 5. The molecule has 0 saturated heterocycles. The van der Waals surface area contributed by atoms with Gasteiger partial charge in [-0.05, 0) is 24.1 Å². The van der Waals surface area contributed by atoms with E-state index in [2.05, 4.69) is 0 Å². The van der Waals surface area contributed by atoms with E-state index in [0.717, 1.165) is 0 Å². The standard InChI is InChI=1S/C11H13NO5/c1-17-10-4-6(2-8(12)11(15)16)7(5-13)3-9(10)14/h3-5,8,14H,2,12H2,1H3,(H,15,16). The average molecular weight is 239 g/mol. The molecule has 4 N–H and O–H groups in total. The van der Waals surface area contributed by atoms with Gasteiger partial charge in [-0.25, -0.2) is 0 Å². The first-order valence-electron chi connectivity index (χ1n) is 4.83. The van der Waals surface area contributed by atoms with Crippen LogP contribution in [-0.4, -0.2) is 35.6 Å². The highest BCUT2D eigenvalue weighted by Gasteiger charge is 2.16. The molecule has 0 aliphatic rings. The maximum absolute atomic E-state index is 10.8. The third-order valence-electron chi connectivity index (χ3n) is 2.32. The first-order valence-corrected chi connectivity index (χ1v) is 4.83. The van der Waals surface area contributed by atoms with E-state index < -0.39 is 12.0 Å². The normalized spacial score (nSPS) is 11.9. The van der Waals surface area contributed by atoms with E-state index in [9.17, 15) is 14.7 Å². The summed E-state index contributed by atoms with van der Waals surface area (Å²) in [6.07, 6.45) is 0.517. The van der Waals surface area contributed by atoms with Crippen molar-refractivity contribution in [2.45, 2.75) is 12.5 Å². The van der Waals surface area contributed by atoms with E-state index in [1.807, 2.05) is 0 Å². The number of ether oxygens (including phenoxy) is 1. The Morgan fingerprint density at radius 1 is 1.59 bits per heavy atom. The van der Waals surface area contributed by atoms with E-state index >= 15 is 0 Å². The number of aldehydes is 1. The summed E-state index contributed by atoms with van der Waals surface area (Å²) in [6, 6.07) is 1.51. The van der Waals surface area contributed by atoms with E-state index in [-0.39, 0.29) is 23.5 Å². The van der Waals surface area contributed by atoms with Gasteiger partial charge in [0.2, 0.25) is 0 Å². The van der Waals surface area contributed by atoms with Crippen molar-refractivity contribution < 1.29 is 24.5 Å². The maximum atomic E-state index is 10.8. The molecule has 6 heteroatoms. The minimum absolute atomic E-state index is 0.0138. The molecule has 92 valence electrons. The van der Waals surface area contributed by atoms with Crippen LogP contribution in [-0.2, 0) is 11.2 Å².